The normalized spacial score (nSPS) is 19.9. The standard InChI is InChI=1S/C10H13N5O2/c1-2-7(16-5-1)3-4-8-13-10(15-17-8)9-11-6-12-14-9/h6-7H,1-5H2,(H,11,12,14). The molecule has 1 aliphatic heterocycles. The molecule has 90 valence electrons. The number of rotatable bonds is 4. The summed E-state index contributed by atoms with van der Waals surface area (Å²) in [7, 11) is 0. The van der Waals surface area contributed by atoms with Crippen molar-refractivity contribution in [3.8, 4) is 11.6 Å². The average molecular weight is 235 g/mol. The molecule has 1 N–H and O–H groups in total. The lowest BCUT2D eigenvalue weighted by molar-refractivity contribution is 0.102. The van der Waals surface area contributed by atoms with E-state index in [9.17, 15) is 0 Å². The molecule has 7 nitrogen and oxygen atoms in total. The number of ether oxygens (including phenoxy) is 1. The van der Waals surface area contributed by atoms with Crippen LogP contribution in [0.3, 0.4) is 0 Å². The molecule has 0 aromatic carbocycles. The van der Waals surface area contributed by atoms with Crippen molar-refractivity contribution in [3.05, 3.63) is 12.2 Å². The topological polar surface area (TPSA) is 89.7 Å². The Balaban J connectivity index is 1.60. The third-order valence-electron chi connectivity index (χ3n) is 2.80. The van der Waals surface area contributed by atoms with Crippen molar-refractivity contribution in [2.24, 2.45) is 0 Å². The molecule has 1 aliphatic rings. The highest BCUT2D eigenvalue weighted by molar-refractivity contribution is 5.39. The van der Waals surface area contributed by atoms with E-state index in [1.54, 1.807) is 0 Å². The summed E-state index contributed by atoms with van der Waals surface area (Å²) >= 11 is 0. The molecule has 17 heavy (non-hydrogen) atoms. The summed E-state index contributed by atoms with van der Waals surface area (Å²) in [5.74, 6) is 1.59. The summed E-state index contributed by atoms with van der Waals surface area (Å²) in [4.78, 5) is 8.21. The van der Waals surface area contributed by atoms with Gasteiger partial charge in [0.2, 0.25) is 11.7 Å². The third kappa shape index (κ3) is 2.33. The predicted molar refractivity (Wildman–Crippen MR) is 57.0 cm³/mol. The fraction of sp³-hybridized carbons (Fsp3) is 0.600. The number of aromatic nitrogens is 5. The number of hydrogen-bond acceptors (Lipinski definition) is 6. The highest BCUT2D eigenvalue weighted by Gasteiger charge is 2.17. The maximum atomic E-state index is 5.54. The zero-order valence-corrected chi connectivity index (χ0v) is 9.30. The van der Waals surface area contributed by atoms with Gasteiger partial charge in [0.25, 0.3) is 0 Å². The van der Waals surface area contributed by atoms with Crippen LogP contribution >= 0.6 is 0 Å². The van der Waals surface area contributed by atoms with E-state index in [-0.39, 0.29) is 0 Å². The first kappa shape index (κ1) is 10.4. The van der Waals surface area contributed by atoms with Gasteiger partial charge in [-0.15, -0.1) is 0 Å². The number of nitrogens with zero attached hydrogens (tertiary/aromatic N) is 4. The SMILES string of the molecule is c1n[nH]c(-c2noc(CCC3CCCO3)n2)n1. The van der Waals surface area contributed by atoms with Crippen LogP contribution in [0.1, 0.15) is 25.2 Å². The van der Waals surface area contributed by atoms with Crippen LogP contribution in [0.15, 0.2) is 10.9 Å². The lowest BCUT2D eigenvalue weighted by Gasteiger charge is -2.05. The van der Waals surface area contributed by atoms with E-state index in [2.05, 4.69) is 25.3 Å². The van der Waals surface area contributed by atoms with Crippen LogP contribution in [0.25, 0.3) is 11.6 Å². The lowest BCUT2D eigenvalue weighted by atomic mass is 10.1. The lowest BCUT2D eigenvalue weighted by Crippen LogP contribution is -2.06. The molecule has 1 unspecified atom stereocenters. The molecule has 3 rings (SSSR count). The molecule has 0 saturated carbocycles. The molecule has 2 aromatic rings. The predicted octanol–water partition coefficient (Wildman–Crippen LogP) is 0.966. The minimum absolute atomic E-state index is 0.343. The van der Waals surface area contributed by atoms with Gasteiger partial charge in [0, 0.05) is 13.0 Å². The highest BCUT2D eigenvalue weighted by atomic mass is 16.5. The van der Waals surface area contributed by atoms with Crippen molar-refractivity contribution in [3.63, 3.8) is 0 Å². The Morgan fingerprint density at radius 1 is 1.47 bits per heavy atom. The Morgan fingerprint density at radius 3 is 3.24 bits per heavy atom. The Bertz CT molecular complexity index is 461. The van der Waals surface area contributed by atoms with Gasteiger partial charge in [0.1, 0.15) is 6.33 Å². The summed E-state index contributed by atoms with van der Waals surface area (Å²) < 4.78 is 10.7. The van der Waals surface area contributed by atoms with Gasteiger partial charge in [0.15, 0.2) is 5.82 Å². The second-order valence-electron chi connectivity index (χ2n) is 4.02. The molecule has 0 radical (unpaired) electrons. The van der Waals surface area contributed by atoms with Crippen molar-refractivity contribution in [2.75, 3.05) is 6.61 Å². The number of aromatic amines is 1. The van der Waals surface area contributed by atoms with E-state index in [1.807, 2.05) is 0 Å². The van der Waals surface area contributed by atoms with Gasteiger partial charge in [-0.05, 0) is 19.3 Å². The van der Waals surface area contributed by atoms with Crippen molar-refractivity contribution >= 4 is 0 Å². The summed E-state index contributed by atoms with van der Waals surface area (Å²) in [5, 5.41) is 10.3. The molecular formula is C10H13N5O2. The number of aryl methyl sites for hydroxylation is 1. The molecule has 0 amide bonds. The van der Waals surface area contributed by atoms with E-state index in [0.717, 1.165) is 32.3 Å². The maximum Gasteiger partial charge on any atom is 0.239 e. The van der Waals surface area contributed by atoms with Crippen molar-refractivity contribution in [1.82, 2.24) is 25.3 Å². The summed E-state index contributed by atoms with van der Waals surface area (Å²) in [6, 6.07) is 0. The first-order valence-corrected chi connectivity index (χ1v) is 5.72. The number of nitrogens with one attached hydrogen (secondary N) is 1. The largest absolute Gasteiger partial charge is 0.378 e. The van der Waals surface area contributed by atoms with E-state index >= 15 is 0 Å². The Labute approximate surface area is 97.6 Å². The van der Waals surface area contributed by atoms with Gasteiger partial charge < -0.3 is 9.26 Å². The smallest absolute Gasteiger partial charge is 0.239 e. The highest BCUT2D eigenvalue weighted by Crippen LogP contribution is 2.18. The second kappa shape index (κ2) is 4.62. The van der Waals surface area contributed by atoms with Crippen LogP contribution in [0.4, 0.5) is 0 Å². The molecule has 0 aliphatic carbocycles. The minimum Gasteiger partial charge on any atom is -0.378 e. The van der Waals surface area contributed by atoms with Gasteiger partial charge in [0.05, 0.1) is 6.10 Å². The van der Waals surface area contributed by atoms with E-state index in [1.165, 1.54) is 6.33 Å². The van der Waals surface area contributed by atoms with Crippen molar-refractivity contribution < 1.29 is 9.26 Å². The van der Waals surface area contributed by atoms with Gasteiger partial charge in [-0.2, -0.15) is 10.1 Å². The summed E-state index contributed by atoms with van der Waals surface area (Å²) in [6.45, 7) is 0.873. The first-order chi connectivity index (χ1) is 8.42. The number of hydrogen-bond donors (Lipinski definition) is 1. The number of H-pyrrole nitrogens is 1. The Hall–Kier alpha value is -1.76. The Kier molecular flexibility index (Phi) is 2.83. The molecule has 1 atom stereocenters. The average Bonchev–Trinajstić information content (AvgIpc) is 3.09. The van der Waals surface area contributed by atoms with E-state index < -0.39 is 0 Å². The second-order valence-corrected chi connectivity index (χ2v) is 4.02. The Morgan fingerprint density at radius 2 is 2.47 bits per heavy atom. The van der Waals surface area contributed by atoms with Crippen LogP contribution in [-0.2, 0) is 11.2 Å². The van der Waals surface area contributed by atoms with Crippen LogP contribution in [0.2, 0.25) is 0 Å². The van der Waals surface area contributed by atoms with Crippen LogP contribution in [0, 0.1) is 0 Å². The summed E-state index contributed by atoms with van der Waals surface area (Å²) in [6.07, 6.45) is 5.71. The molecule has 0 bridgehead atoms. The molecule has 3 heterocycles. The molecule has 1 saturated heterocycles. The van der Waals surface area contributed by atoms with E-state index in [4.69, 9.17) is 9.26 Å². The summed E-state index contributed by atoms with van der Waals surface area (Å²) in [5.41, 5.74) is 0. The van der Waals surface area contributed by atoms with Crippen LogP contribution in [-0.4, -0.2) is 38.0 Å². The van der Waals surface area contributed by atoms with Crippen LogP contribution < -0.4 is 0 Å². The van der Waals surface area contributed by atoms with Crippen molar-refractivity contribution in [1.29, 1.82) is 0 Å². The minimum atomic E-state index is 0.343. The van der Waals surface area contributed by atoms with Crippen molar-refractivity contribution in [2.45, 2.75) is 31.8 Å². The molecule has 2 aromatic heterocycles. The molecule has 7 heteroatoms. The quantitative estimate of drug-likeness (QED) is 0.849. The maximum absolute atomic E-state index is 5.54. The molecule has 1 fully saturated rings. The van der Waals surface area contributed by atoms with Gasteiger partial charge >= 0.3 is 0 Å². The zero-order chi connectivity index (χ0) is 11.5. The first-order valence-electron chi connectivity index (χ1n) is 5.72. The third-order valence-corrected chi connectivity index (χ3v) is 2.80. The fourth-order valence-corrected chi connectivity index (χ4v) is 1.92. The monoisotopic (exact) mass is 235 g/mol. The molecular weight excluding hydrogens is 222 g/mol. The van der Waals surface area contributed by atoms with Gasteiger partial charge in [-0.1, -0.05) is 5.16 Å². The van der Waals surface area contributed by atoms with Gasteiger partial charge in [-0.3, -0.25) is 5.10 Å². The van der Waals surface area contributed by atoms with E-state index in [0.29, 0.717) is 23.6 Å². The zero-order valence-electron chi connectivity index (χ0n) is 9.30. The van der Waals surface area contributed by atoms with Crippen LogP contribution in [0.5, 0.6) is 0 Å². The fourth-order valence-electron chi connectivity index (χ4n) is 1.92. The van der Waals surface area contributed by atoms with Gasteiger partial charge in [-0.25, -0.2) is 4.98 Å². The molecule has 0 spiro atoms.